The average molecular weight is 437 g/mol. The molecule has 2 aromatic carbocycles. The second-order valence-corrected chi connectivity index (χ2v) is 6.63. The molecule has 0 atom stereocenters. The molecule has 0 saturated carbocycles. The van der Waals surface area contributed by atoms with Gasteiger partial charge in [-0.3, -0.25) is 9.59 Å². The van der Waals surface area contributed by atoms with Crippen molar-refractivity contribution in [1.82, 2.24) is 0 Å². The van der Waals surface area contributed by atoms with E-state index in [0.717, 1.165) is 10.0 Å². The number of nitrogens with one attached hydrogen (secondary N) is 1. The highest BCUT2D eigenvalue weighted by Gasteiger charge is 2.10. The minimum atomic E-state index is -0.328. The van der Waals surface area contributed by atoms with Crippen LogP contribution < -0.4 is 10.7 Å². The Kier molecular flexibility index (Phi) is 6.30. The summed E-state index contributed by atoms with van der Waals surface area (Å²) < 4.78 is 1.61. The van der Waals surface area contributed by atoms with Crippen molar-refractivity contribution >= 4 is 49.4 Å². The van der Waals surface area contributed by atoms with Gasteiger partial charge >= 0.3 is 0 Å². The lowest BCUT2D eigenvalue weighted by Gasteiger charge is -1.99. The molecule has 0 aliphatic rings. The van der Waals surface area contributed by atoms with E-state index in [0.29, 0.717) is 16.7 Å². The lowest BCUT2D eigenvalue weighted by Crippen LogP contribution is -2.15. The van der Waals surface area contributed by atoms with Crippen molar-refractivity contribution in [2.24, 2.45) is 0 Å². The quantitative estimate of drug-likeness (QED) is 0.535. The number of carbonyl (C=O) groups excluding carboxylic acids is 1. The highest BCUT2D eigenvalue weighted by molar-refractivity contribution is 9.10. The largest absolute Gasteiger partial charge is 0.382 e. The minimum Gasteiger partial charge on any atom is -0.382 e. The third-order valence-corrected chi connectivity index (χ3v) is 4.08. The fourth-order valence-electron chi connectivity index (χ4n) is 2.02. The molecule has 0 unspecified atom stereocenters. The third-order valence-electron chi connectivity index (χ3n) is 3.09. The van der Waals surface area contributed by atoms with Gasteiger partial charge in [0.2, 0.25) is 5.43 Å². The molecular formula is C18H15Br2NO2. The molecule has 0 aliphatic heterocycles. The van der Waals surface area contributed by atoms with Gasteiger partial charge in [0, 0.05) is 15.5 Å². The molecule has 0 radical (unpaired) electrons. The number of anilines is 1. The fourth-order valence-corrected chi connectivity index (χ4v) is 2.80. The zero-order valence-electron chi connectivity index (χ0n) is 12.5. The van der Waals surface area contributed by atoms with Crippen LogP contribution in [0.4, 0.5) is 5.69 Å². The molecule has 0 heterocycles. The summed E-state index contributed by atoms with van der Waals surface area (Å²) in [7, 11) is 0. The van der Waals surface area contributed by atoms with E-state index in [1.54, 1.807) is 24.3 Å². The maximum absolute atomic E-state index is 12.5. The third kappa shape index (κ3) is 4.88. The topological polar surface area (TPSA) is 46.2 Å². The first-order chi connectivity index (χ1) is 11.0. The maximum atomic E-state index is 12.5. The van der Waals surface area contributed by atoms with E-state index in [1.807, 2.05) is 31.2 Å². The molecule has 5 heteroatoms. The number of hydrogen-bond acceptors (Lipinski definition) is 3. The van der Waals surface area contributed by atoms with Crippen molar-refractivity contribution in [2.45, 2.75) is 6.92 Å². The van der Waals surface area contributed by atoms with Gasteiger partial charge in [0.1, 0.15) is 0 Å². The molecule has 0 aromatic heterocycles. The van der Waals surface area contributed by atoms with E-state index in [9.17, 15) is 9.59 Å². The number of halogens is 2. The van der Waals surface area contributed by atoms with E-state index in [4.69, 9.17) is 0 Å². The Morgan fingerprint density at radius 3 is 2.57 bits per heavy atom. The van der Waals surface area contributed by atoms with Crippen LogP contribution in [0.15, 0.2) is 62.3 Å². The van der Waals surface area contributed by atoms with Gasteiger partial charge in [-0.25, -0.2) is 0 Å². The fraction of sp³-hybridized carbons (Fsp3) is 0.111. The number of ketones is 1. The van der Waals surface area contributed by atoms with Crippen LogP contribution >= 0.6 is 31.9 Å². The maximum Gasteiger partial charge on any atom is 0.212 e. The molecule has 23 heavy (non-hydrogen) atoms. The number of rotatable bonds is 5. The monoisotopic (exact) mass is 435 g/mol. The van der Waals surface area contributed by atoms with E-state index < -0.39 is 0 Å². The molecule has 2 aromatic rings. The SMILES string of the molecule is CCNc1ccc(Br)cc(C(=O)/C=C\c2cccc(Br)c2)c1=O. The molecule has 1 N–H and O–H groups in total. The Morgan fingerprint density at radius 2 is 1.87 bits per heavy atom. The van der Waals surface area contributed by atoms with E-state index >= 15 is 0 Å². The first-order valence-electron chi connectivity index (χ1n) is 7.07. The van der Waals surface area contributed by atoms with E-state index in [1.165, 1.54) is 6.08 Å². The first kappa shape index (κ1) is 17.6. The molecule has 0 aliphatic carbocycles. The molecule has 0 bridgehead atoms. The van der Waals surface area contributed by atoms with Crippen molar-refractivity contribution in [2.75, 3.05) is 11.9 Å². The molecule has 0 amide bonds. The van der Waals surface area contributed by atoms with Crippen molar-refractivity contribution in [3.8, 4) is 0 Å². The minimum absolute atomic E-state index is 0.129. The predicted molar refractivity (Wildman–Crippen MR) is 102 cm³/mol. The second kappa shape index (κ2) is 8.22. The molecular weight excluding hydrogens is 422 g/mol. The molecule has 0 fully saturated rings. The Labute approximate surface area is 151 Å². The van der Waals surface area contributed by atoms with Gasteiger partial charge in [0.15, 0.2) is 5.78 Å². The van der Waals surface area contributed by atoms with Crippen LogP contribution in [0.2, 0.25) is 0 Å². The van der Waals surface area contributed by atoms with Crippen LogP contribution in [0.1, 0.15) is 22.8 Å². The number of allylic oxidation sites excluding steroid dienone is 1. The summed E-state index contributed by atoms with van der Waals surface area (Å²) in [6, 6.07) is 12.5. The number of benzene rings is 1. The van der Waals surface area contributed by atoms with Crippen molar-refractivity contribution in [1.29, 1.82) is 0 Å². The Balaban J connectivity index is 2.39. The molecule has 0 spiro atoms. The summed E-state index contributed by atoms with van der Waals surface area (Å²) in [5.41, 5.74) is 1.12. The van der Waals surface area contributed by atoms with Gasteiger partial charge < -0.3 is 5.32 Å². The van der Waals surface area contributed by atoms with E-state index in [2.05, 4.69) is 37.2 Å². The smallest absolute Gasteiger partial charge is 0.212 e. The first-order valence-corrected chi connectivity index (χ1v) is 8.65. The van der Waals surface area contributed by atoms with Crippen LogP contribution in [-0.2, 0) is 0 Å². The van der Waals surface area contributed by atoms with Crippen LogP contribution in [0.5, 0.6) is 0 Å². The number of hydrogen-bond donors (Lipinski definition) is 1. The van der Waals surface area contributed by atoms with Crippen LogP contribution in [0.3, 0.4) is 0 Å². The predicted octanol–water partition coefficient (Wildman–Crippen LogP) is 4.90. The molecule has 2 rings (SSSR count). The van der Waals surface area contributed by atoms with Crippen LogP contribution in [0.25, 0.3) is 6.08 Å². The molecule has 0 saturated heterocycles. The Bertz CT molecular complexity index is 816. The summed E-state index contributed by atoms with van der Waals surface area (Å²) in [4.78, 5) is 24.9. The van der Waals surface area contributed by atoms with Crippen molar-refractivity contribution in [3.63, 3.8) is 0 Å². The van der Waals surface area contributed by atoms with E-state index in [-0.39, 0.29) is 16.8 Å². The highest BCUT2D eigenvalue weighted by Crippen LogP contribution is 2.15. The average Bonchev–Trinajstić information content (AvgIpc) is 2.66. The summed E-state index contributed by atoms with van der Waals surface area (Å²) >= 11 is 6.72. The standard InChI is InChI=1S/C18H15Br2NO2/c1-2-21-16-8-7-14(20)11-15(18(16)23)17(22)9-6-12-4-3-5-13(19)10-12/h3-11H,2H2,1H3,(H,21,23)/b9-6-. The molecule has 3 nitrogen and oxygen atoms in total. The van der Waals surface area contributed by atoms with Crippen LogP contribution in [-0.4, -0.2) is 12.3 Å². The second-order valence-electron chi connectivity index (χ2n) is 4.80. The lowest BCUT2D eigenvalue weighted by atomic mass is 10.1. The highest BCUT2D eigenvalue weighted by atomic mass is 79.9. The van der Waals surface area contributed by atoms with Gasteiger partial charge in [-0.1, -0.05) is 50.1 Å². The van der Waals surface area contributed by atoms with Gasteiger partial charge in [0.25, 0.3) is 0 Å². The zero-order chi connectivity index (χ0) is 16.8. The van der Waals surface area contributed by atoms with Gasteiger partial charge in [-0.2, -0.15) is 0 Å². The summed E-state index contributed by atoms with van der Waals surface area (Å²) in [5, 5.41) is 2.98. The van der Waals surface area contributed by atoms with Gasteiger partial charge in [0.05, 0.1) is 11.3 Å². The van der Waals surface area contributed by atoms with Crippen molar-refractivity contribution in [3.05, 3.63) is 78.8 Å². The van der Waals surface area contributed by atoms with Gasteiger partial charge in [-0.15, -0.1) is 0 Å². The summed E-state index contributed by atoms with van der Waals surface area (Å²) in [6.07, 6.45) is 3.11. The Hall–Kier alpha value is -1.72. The zero-order valence-corrected chi connectivity index (χ0v) is 15.6. The summed E-state index contributed by atoms with van der Waals surface area (Å²) in [5.74, 6) is -0.328. The van der Waals surface area contributed by atoms with Crippen molar-refractivity contribution < 1.29 is 4.79 Å². The lowest BCUT2D eigenvalue weighted by molar-refractivity contribution is 0.104. The number of carbonyl (C=O) groups is 1. The van der Waals surface area contributed by atoms with Gasteiger partial charge in [-0.05, 0) is 48.9 Å². The van der Waals surface area contributed by atoms with Crippen LogP contribution in [0, 0.1) is 0 Å². The normalized spacial score (nSPS) is 10.7. The molecule has 118 valence electrons. The Morgan fingerprint density at radius 1 is 1.13 bits per heavy atom. The summed E-state index contributed by atoms with van der Waals surface area (Å²) in [6.45, 7) is 2.51.